The van der Waals surface area contributed by atoms with E-state index in [1.165, 1.54) is 0 Å². The molecule has 7 nitrogen and oxygen atoms in total. The Balaban J connectivity index is 1.55. The first-order valence-electron chi connectivity index (χ1n) is 9.31. The molecule has 0 aliphatic carbocycles. The van der Waals surface area contributed by atoms with Gasteiger partial charge in [-0.15, -0.1) is 0 Å². The van der Waals surface area contributed by atoms with Gasteiger partial charge in [-0.25, -0.2) is 9.48 Å². The Kier molecular flexibility index (Phi) is 6.74. The number of halogens is 1. The number of aromatic nitrogens is 2. The fourth-order valence-electron chi connectivity index (χ4n) is 2.82. The molecule has 0 radical (unpaired) electrons. The Morgan fingerprint density at radius 1 is 1.03 bits per heavy atom. The summed E-state index contributed by atoms with van der Waals surface area (Å²) < 4.78 is 12.0. The number of aryl methyl sites for hydroxylation is 2. The standard InChI is InChI=1S/C22H22ClN3O4/c1-14-8-10-17(11-9-14)26-16(3)22(15(2)25-26)24-20(27)12-30-21(28)13-29-19-7-5-4-6-18(19)23/h4-11H,12-13H2,1-3H3,(H,24,27). The largest absolute Gasteiger partial charge is 0.480 e. The summed E-state index contributed by atoms with van der Waals surface area (Å²) in [6.45, 7) is 4.90. The minimum Gasteiger partial charge on any atom is -0.480 e. The van der Waals surface area contributed by atoms with Crippen molar-refractivity contribution >= 4 is 29.2 Å². The molecule has 0 fully saturated rings. The summed E-state index contributed by atoms with van der Waals surface area (Å²) in [6, 6.07) is 14.7. The lowest BCUT2D eigenvalue weighted by molar-refractivity contribution is -0.149. The van der Waals surface area contributed by atoms with Gasteiger partial charge in [0.2, 0.25) is 0 Å². The molecule has 156 valence electrons. The lowest BCUT2D eigenvalue weighted by Crippen LogP contribution is -2.24. The molecule has 30 heavy (non-hydrogen) atoms. The highest BCUT2D eigenvalue weighted by atomic mass is 35.5. The highest BCUT2D eigenvalue weighted by Gasteiger charge is 2.16. The van der Waals surface area contributed by atoms with Crippen LogP contribution in [0.1, 0.15) is 17.0 Å². The summed E-state index contributed by atoms with van der Waals surface area (Å²) in [5, 5.41) is 7.64. The van der Waals surface area contributed by atoms with Crippen molar-refractivity contribution in [1.82, 2.24) is 9.78 Å². The van der Waals surface area contributed by atoms with Gasteiger partial charge in [0.25, 0.3) is 5.91 Å². The first-order chi connectivity index (χ1) is 14.3. The van der Waals surface area contributed by atoms with Crippen molar-refractivity contribution in [3.05, 3.63) is 70.5 Å². The number of benzene rings is 2. The summed E-state index contributed by atoms with van der Waals surface area (Å²) in [5.41, 5.74) is 4.07. The molecule has 2 aromatic carbocycles. The third-order valence-corrected chi connectivity index (χ3v) is 4.69. The second kappa shape index (κ2) is 9.45. The molecule has 0 atom stereocenters. The smallest absolute Gasteiger partial charge is 0.344 e. The van der Waals surface area contributed by atoms with E-state index < -0.39 is 18.5 Å². The predicted octanol–water partition coefficient (Wildman–Crippen LogP) is 4.01. The maximum atomic E-state index is 12.3. The summed E-state index contributed by atoms with van der Waals surface area (Å²) >= 11 is 5.96. The molecule has 0 saturated carbocycles. The van der Waals surface area contributed by atoms with Gasteiger partial charge in [-0.05, 0) is 45.0 Å². The first-order valence-corrected chi connectivity index (χ1v) is 9.69. The number of amides is 1. The third kappa shape index (κ3) is 5.18. The van der Waals surface area contributed by atoms with E-state index in [9.17, 15) is 9.59 Å². The van der Waals surface area contributed by atoms with Crippen LogP contribution in [0.25, 0.3) is 5.69 Å². The molecule has 0 saturated heterocycles. The highest BCUT2D eigenvalue weighted by Crippen LogP contribution is 2.24. The molecule has 1 heterocycles. The second-order valence-electron chi connectivity index (χ2n) is 6.72. The van der Waals surface area contributed by atoms with Crippen molar-refractivity contribution < 1.29 is 19.1 Å². The van der Waals surface area contributed by atoms with E-state index >= 15 is 0 Å². The van der Waals surface area contributed by atoms with Crippen LogP contribution in [-0.2, 0) is 14.3 Å². The zero-order valence-corrected chi connectivity index (χ0v) is 17.7. The number of carbonyl (C=O) groups excluding carboxylic acids is 2. The van der Waals surface area contributed by atoms with Gasteiger partial charge in [-0.3, -0.25) is 4.79 Å². The Hall–Kier alpha value is -3.32. The predicted molar refractivity (Wildman–Crippen MR) is 114 cm³/mol. The summed E-state index contributed by atoms with van der Waals surface area (Å²) in [5.74, 6) is -0.764. The van der Waals surface area contributed by atoms with Crippen molar-refractivity contribution in [3.63, 3.8) is 0 Å². The summed E-state index contributed by atoms with van der Waals surface area (Å²) in [4.78, 5) is 24.1. The van der Waals surface area contributed by atoms with Gasteiger partial charge < -0.3 is 14.8 Å². The minimum absolute atomic E-state index is 0.347. The van der Waals surface area contributed by atoms with Crippen LogP contribution in [0.15, 0.2) is 48.5 Å². The van der Waals surface area contributed by atoms with E-state index in [0.29, 0.717) is 22.2 Å². The fraction of sp³-hybridized carbons (Fsp3) is 0.227. The van der Waals surface area contributed by atoms with Crippen LogP contribution in [0.4, 0.5) is 5.69 Å². The maximum Gasteiger partial charge on any atom is 0.344 e. The average molecular weight is 428 g/mol. The number of esters is 1. The zero-order valence-electron chi connectivity index (χ0n) is 16.9. The van der Waals surface area contributed by atoms with E-state index in [1.807, 2.05) is 38.1 Å². The molecule has 0 spiro atoms. The van der Waals surface area contributed by atoms with Crippen LogP contribution in [0, 0.1) is 20.8 Å². The number of nitrogens with one attached hydrogen (secondary N) is 1. The molecular formula is C22H22ClN3O4. The van der Waals surface area contributed by atoms with Gasteiger partial charge >= 0.3 is 5.97 Å². The van der Waals surface area contributed by atoms with Gasteiger partial charge in [-0.1, -0.05) is 41.4 Å². The molecule has 0 aliphatic rings. The fourth-order valence-corrected chi connectivity index (χ4v) is 3.01. The van der Waals surface area contributed by atoms with Crippen LogP contribution in [0.5, 0.6) is 5.75 Å². The van der Waals surface area contributed by atoms with E-state index in [0.717, 1.165) is 16.9 Å². The third-order valence-electron chi connectivity index (χ3n) is 4.38. The maximum absolute atomic E-state index is 12.3. The molecule has 1 amide bonds. The number of nitrogens with zero attached hydrogens (tertiary/aromatic N) is 2. The number of ether oxygens (including phenoxy) is 2. The quantitative estimate of drug-likeness (QED) is 0.576. The van der Waals surface area contributed by atoms with Crippen LogP contribution in [0.2, 0.25) is 5.02 Å². The molecule has 0 unspecified atom stereocenters. The van der Waals surface area contributed by atoms with Crippen LogP contribution in [0.3, 0.4) is 0 Å². The van der Waals surface area contributed by atoms with E-state index in [4.69, 9.17) is 21.1 Å². The first kappa shape index (κ1) is 21.4. The van der Waals surface area contributed by atoms with Gasteiger partial charge in [0.15, 0.2) is 13.2 Å². The minimum atomic E-state index is -0.672. The number of anilines is 1. The number of hydrogen-bond acceptors (Lipinski definition) is 5. The molecule has 0 aliphatic heterocycles. The van der Waals surface area contributed by atoms with Crippen molar-refractivity contribution in [2.45, 2.75) is 20.8 Å². The lowest BCUT2D eigenvalue weighted by Gasteiger charge is -2.09. The lowest BCUT2D eigenvalue weighted by atomic mass is 10.2. The topological polar surface area (TPSA) is 82.5 Å². The Bertz CT molecular complexity index is 1060. The number of hydrogen-bond donors (Lipinski definition) is 1. The highest BCUT2D eigenvalue weighted by molar-refractivity contribution is 6.32. The normalized spacial score (nSPS) is 10.5. The van der Waals surface area contributed by atoms with Gasteiger partial charge in [0.1, 0.15) is 5.75 Å². The second-order valence-corrected chi connectivity index (χ2v) is 7.13. The summed E-state index contributed by atoms with van der Waals surface area (Å²) in [7, 11) is 0. The van der Waals surface area contributed by atoms with Crippen molar-refractivity contribution in [3.8, 4) is 11.4 Å². The van der Waals surface area contributed by atoms with Gasteiger partial charge in [-0.2, -0.15) is 5.10 Å². The van der Waals surface area contributed by atoms with Crippen LogP contribution < -0.4 is 10.1 Å². The average Bonchev–Trinajstić information content (AvgIpc) is 3.00. The van der Waals surface area contributed by atoms with Crippen molar-refractivity contribution in [2.75, 3.05) is 18.5 Å². The van der Waals surface area contributed by atoms with Crippen molar-refractivity contribution in [1.29, 1.82) is 0 Å². The van der Waals surface area contributed by atoms with E-state index in [-0.39, 0.29) is 6.61 Å². The zero-order chi connectivity index (χ0) is 21.7. The Morgan fingerprint density at radius 2 is 1.73 bits per heavy atom. The summed E-state index contributed by atoms with van der Waals surface area (Å²) in [6.07, 6.45) is 0. The molecule has 1 N–H and O–H groups in total. The van der Waals surface area contributed by atoms with Crippen LogP contribution in [-0.4, -0.2) is 34.9 Å². The van der Waals surface area contributed by atoms with Crippen molar-refractivity contribution in [2.24, 2.45) is 0 Å². The Labute approximate surface area is 179 Å². The number of carbonyl (C=O) groups is 2. The van der Waals surface area contributed by atoms with Crippen LogP contribution >= 0.6 is 11.6 Å². The Morgan fingerprint density at radius 3 is 2.43 bits per heavy atom. The number of para-hydroxylation sites is 1. The van der Waals surface area contributed by atoms with E-state index in [1.54, 1.807) is 35.9 Å². The molecule has 3 rings (SSSR count). The van der Waals surface area contributed by atoms with Gasteiger partial charge in [0.05, 0.1) is 27.8 Å². The van der Waals surface area contributed by atoms with E-state index in [2.05, 4.69) is 10.4 Å². The SMILES string of the molecule is Cc1ccc(-n2nc(C)c(NC(=O)COC(=O)COc3ccccc3Cl)c2C)cc1. The monoisotopic (exact) mass is 427 g/mol. The molecule has 3 aromatic rings. The van der Waals surface area contributed by atoms with Gasteiger partial charge in [0, 0.05) is 0 Å². The molecular weight excluding hydrogens is 406 g/mol. The molecule has 0 bridgehead atoms. The molecule has 8 heteroatoms. The molecule has 1 aromatic heterocycles. The number of rotatable bonds is 7.